The molecule has 1 fully saturated rings. The van der Waals surface area contributed by atoms with E-state index in [9.17, 15) is 4.79 Å². The maximum atomic E-state index is 11.9. The number of nitrogens with one attached hydrogen (secondary N) is 2. The summed E-state index contributed by atoms with van der Waals surface area (Å²) >= 11 is 5.82. The Morgan fingerprint density at radius 2 is 1.89 bits per heavy atom. The van der Waals surface area contributed by atoms with Gasteiger partial charge in [-0.1, -0.05) is 11.6 Å². The van der Waals surface area contributed by atoms with Gasteiger partial charge in [0.2, 0.25) is 0 Å². The van der Waals surface area contributed by atoms with Crippen LogP contribution in [0.25, 0.3) is 0 Å². The minimum absolute atomic E-state index is 0.0344. The second-order valence-electron chi connectivity index (χ2n) is 6.73. The van der Waals surface area contributed by atoms with Crippen LogP contribution in [-0.4, -0.2) is 48.7 Å². The van der Waals surface area contributed by atoms with Crippen LogP contribution in [0.1, 0.15) is 25.1 Å². The Labute approximate surface area is 170 Å². The molecule has 1 aliphatic heterocycles. The Kier molecular flexibility index (Phi) is 7.31. The Morgan fingerprint density at radius 3 is 2.64 bits per heavy atom. The smallest absolute Gasteiger partial charge is 0.258 e. The van der Waals surface area contributed by atoms with Crippen LogP contribution >= 0.6 is 11.6 Å². The summed E-state index contributed by atoms with van der Waals surface area (Å²) in [5.41, 5.74) is 0. The van der Waals surface area contributed by atoms with E-state index in [4.69, 9.17) is 16.3 Å². The van der Waals surface area contributed by atoms with Crippen molar-refractivity contribution in [2.75, 3.05) is 43.0 Å². The van der Waals surface area contributed by atoms with Crippen molar-refractivity contribution >= 4 is 29.1 Å². The predicted molar refractivity (Wildman–Crippen MR) is 111 cm³/mol. The molecule has 150 valence electrons. The zero-order valence-electron chi connectivity index (χ0n) is 16.1. The van der Waals surface area contributed by atoms with E-state index in [1.54, 1.807) is 24.3 Å². The number of benzene rings is 1. The lowest BCUT2D eigenvalue weighted by Crippen LogP contribution is -2.33. The molecule has 8 heteroatoms. The van der Waals surface area contributed by atoms with Crippen molar-refractivity contribution in [1.29, 1.82) is 0 Å². The van der Waals surface area contributed by atoms with Gasteiger partial charge in [0.25, 0.3) is 5.91 Å². The zero-order chi connectivity index (χ0) is 19.8. The van der Waals surface area contributed by atoms with Gasteiger partial charge in [0, 0.05) is 37.3 Å². The Bertz CT molecular complexity index is 779. The summed E-state index contributed by atoms with van der Waals surface area (Å²) in [6.45, 7) is 4.99. The Hall–Kier alpha value is -2.54. The average molecular weight is 404 g/mol. The summed E-state index contributed by atoms with van der Waals surface area (Å²) in [6, 6.07) is 8.88. The van der Waals surface area contributed by atoms with Crippen molar-refractivity contribution in [2.45, 2.75) is 26.2 Å². The van der Waals surface area contributed by atoms with Crippen LogP contribution in [-0.2, 0) is 4.79 Å². The van der Waals surface area contributed by atoms with Crippen molar-refractivity contribution in [3.8, 4) is 5.75 Å². The molecule has 2 N–H and O–H groups in total. The molecule has 3 rings (SSSR count). The molecule has 1 aliphatic rings. The first-order valence-corrected chi connectivity index (χ1v) is 9.97. The molecule has 7 nitrogen and oxygen atoms in total. The lowest BCUT2D eigenvalue weighted by molar-refractivity contribution is -0.123. The van der Waals surface area contributed by atoms with Crippen LogP contribution < -0.4 is 20.3 Å². The van der Waals surface area contributed by atoms with Crippen molar-refractivity contribution in [3.63, 3.8) is 0 Å². The van der Waals surface area contributed by atoms with Crippen molar-refractivity contribution in [1.82, 2.24) is 15.3 Å². The standard InChI is InChI=1S/C20H26ClN5O2/c1-15-24-18(13-19(25-15)26-11-3-2-4-12-26)22-9-10-23-20(27)14-28-17-7-5-16(21)6-8-17/h5-8,13H,2-4,9-12,14H2,1H3,(H,23,27)(H,22,24,25). The van der Waals surface area contributed by atoms with Gasteiger partial charge < -0.3 is 20.3 Å². The lowest BCUT2D eigenvalue weighted by atomic mass is 10.1. The summed E-state index contributed by atoms with van der Waals surface area (Å²) in [6.07, 6.45) is 3.69. The number of anilines is 2. The highest BCUT2D eigenvalue weighted by atomic mass is 35.5. The van der Waals surface area contributed by atoms with Crippen LogP contribution in [0.15, 0.2) is 30.3 Å². The molecule has 2 aromatic rings. The van der Waals surface area contributed by atoms with E-state index in [-0.39, 0.29) is 12.5 Å². The van der Waals surface area contributed by atoms with Gasteiger partial charge in [0.15, 0.2) is 6.61 Å². The third kappa shape index (κ3) is 6.27. The molecule has 28 heavy (non-hydrogen) atoms. The number of piperidine rings is 1. The van der Waals surface area contributed by atoms with Gasteiger partial charge in [0.1, 0.15) is 23.2 Å². The van der Waals surface area contributed by atoms with Crippen LogP contribution in [0, 0.1) is 6.92 Å². The minimum Gasteiger partial charge on any atom is -0.484 e. The van der Waals surface area contributed by atoms with Gasteiger partial charge in [-0.05, 0) is 50.5 Å². The number of nitrogens with zero attached hydrogens (tertiary/aromatic N) is 3. The highest BCUT2D eigenvalue weighted by Gasteiger charge is 2.13. The summed E-state index contributed by atoms with van der Waals surface area (Å²) in [4.78, 5) is 23.2. The molecule has 1 amide bonds. The number of amides is 1. The second-order valence-corrected chi connectivity index (χ2v) is 7.16. The van der Waals surface area contributed by atoms with Crippen LogP contribution in [0.3, 0.4) is 0 Å². The van der Waals surface area contributed by atoms with Crippen LogP contribution in [0.2, 0.25) is 5.02 Å². The van der Waals surface area contributed by atoms with Crippen molar-refractivity contribution < 1.29 is 9.53 Å². The Balaban J connectivity index is 1.40. The van der Waals surface area contributed by atoms with Gasteiger partial charge in [-0.3, -0.25) is 4.79 Å². The fourth-order valence-corrected chi connectivity index (χ4v) is 3.18. The quantitative estimate of drug-likeness (QED) is 0.659. The third-order valence-electron chi connectivity index (χ3n) is 4.44. The van der Waals surface area contributed by atoms with E-state index in [2.05, 4.69) is 25.5 Å². The van der Waals surface area contributed by atoms with E-state index in [1.165, 1.54) is 19.3 Å². The highest BCUT2D eigenvalue weighted by molar-refractivity contribution is 6.30. The van der Waals surface area contributed by atoms with Gasteiger partial charge in [-0.15, -0.1) is 0 Å². The molecule has 0 bridgehead atoms. The summed E-state index contributed by atoms with van der Waals surface area (Å²) in [7, 11) is 0. The molecule has 1 aromatic heterocycles. The maximum Gasteiger partial charge on any atom is 0.258 e. The molecule has 0 spiro atoms. The zero-order valence-corrected chi connectivity index (χ0v) is 16.8. The summed E-state index contributed by atoms with van der Waals surface area (Å²) < 4.78 is 5.42. The van der Waals surface area contributed by atoms with E-state index in [1.807, 2.05) is 13.0 Å². The first-order valence-electron chi connectivity index (χ1n) is 9.60. The summed E-state index contributed by atoms with van der Waals surface area (Å²) in [5.74, 6) is 2.92. The molecule has 0 radical (unpaired) electrons. The van der Waals surface area contributed by atoms with Crippen molar-refractivity contribution in [3.05, 3.63) is 41.2 Å². The van der Waals surface area contributed by atoms with E-state index in [0.29, 0.717) is 23.9 Å². The highest BCUT2D eigenvalue weighted by Crippen LogP contribution is 2.20. The number of hydrogen-bond acceptors (Lipinski definition) is 6. The lowest BCUT2D eigenvalue weighted by Gasteiger charge is -2.28. The third-order valence-corrected chi connectivity index (χ3v) is 4.69. The molecular formula is C20H26ClN5O2. The topological polar surface area (TPSA) is 79.4 Å². The first kappa shape index (κ1) is 20.2. The normalized spacial score (nSPS) is 13.9. The fourth-order valence-electron chi connectivity index (χ4n) is 3.05. The molecule has 0 unspecified atom stereocenters. The van der Waals surface area contributed by atoms with Gasteiger partial charge in [-0.2, -0.15) is 0 Å². The van der Waals surface area contributed by atoms with Crippen LogP contribution in [0.4, 0.5) is 11.6 Å². The number of ether oxygens (including phenoxy) is 1. The number of carbonyl (C=O) groups is 1. The van der Waals surface area contributed by atoms with E-state index < -0.39 is 0 Å². The summed E-state index contributed by atoms with van der Waals surface area (Å²) in [5, 5.41) is 6.70. The van der Waals surface area contributed by atoms with E-state index in [0.717, 1.165) is 30.5 Å². The molecule has 0 aliphatic carbocycles. The number of hydrogen-bond donors (Lipinski definition) is 2. The minimum atomic E-state index is -0.176. The molecule has 1 aromatic carbocycles. The number of aryl methyl sites for hydroxylation is 1. The van der Waals surface area contributed by atoms with Gasteiger partial charge in [-0.25, -0.2) is 9.97 Å². The number of rotatable bonds is 8. The SMILES string of the molecule is Cc1nc(NCCNC(=O)COc2ccc(Cl)cc2)cc(N2CCCCC2)n1. The molecule has 1 saturated heterocycles. The monoisotopic (exact) mass is 403 g/mol. The van der Waals surface area contributed by atoms with Crippen LogP contribution in [0.5, 0.6) is 5.75 Å². The maximum absolute atomic E-state index is 11.9. The molecule has 2 heterocycles. The largest absolute Gasteiger partial charge is 0.484 e. The first-order chi connectivity index (χ1) is 13.6. The fraction of sp³-hybridized carbons (Fsp3) is 0.450. The number of halogens is 1. The molecular weight excluding hydrogens is 378 g/mol. The molecule has 0 saturated carbocycles. The predicted octanol–water partition coefficient (Wildman–Crippen LogP) is 3.04. The Morgan fingerprint density at radius 1 is 1.14 bits per heavy atom. The number of carbonyl (C=O) groups excluding carboxylic acids is 1. The van der Waals surface area contributed by atoms with Gasteiger partial charge in [0.05, 0.1) is 0 Å². The molecule has 0 atom stereocenters. The van der Waals surface area contributed by atoms with Gasteiger partial charge >= 0.3 is 0 Å². The van der Waals surface area contributed by atoms with E-state index >= 15 is 0 Å². The average Bonchev–Trinajstić information content (AvgIpc) is 2.71. The second kappa shape index (κ2) is 10.1. The number of aromatic nitrogens is 2. The van der Waals surface area contributed by atoms with Crippen molar-refractivity contribution in [2.24, 2.45) is 0 Å².